The SMILES string of the molecule is Cc1cc2c(cc1N1c3cc4c(cc3B3c5ccc6c(sc7ccc(C(C)(C)C)cc76)c5N(c5cc6c(cc5C)C(C)(C)CCC6(C)C)c5cc(-c6ccccc6)cc1c53)C(C)(C)CC4(C)C)C(C)(C)CCC2(C)C. The third kappa shape index (κ3) is 7.09. The molecule has 0 bridgehead atoms. The highest BCUT2D eigenvalue weighted by molar-refractivity contribution is 7.26. The predicted molar refractivity (Wildman–Crippen MR) is 328 cm³/mol. The van der Waals surface area contributed by atoms with Crippen LogP contribution in [0.15, 0.2) is 109 Å². The maximum Gasteiger partial charge on any atom is 0.252 e. The molecular formula is C71H79BN2S. The molecule has 5 aliphatic rings. The second-order valence-electron chi connectivity index (χ2n) is 29.1. The van der Waals surface area contributed by atoms with Gasteiger partial charge in [-0.3, -0.25) is 0 Å². The van der Waals surface area contributed by atoms with Crippen LogP contribution in [0.2, 0.25) is 0 Å². The maximum atomic E-state index is 2.79. The minimum absolute atomic E-state index is 0.00324. The lowest BCUT2D eigenvalue weighted by atomic mass is 9.33. The van der Waals surface area contributed by atoms with Crippen LogP contribution < -0.4 is 26.2 Å². The molecule has 0 spiro atoms. The van der Waals surface area contributed by atoms with E-state index in [2.05, 4.69) is 237 Å². The van der Waals surface area contributed by atoms with Crippen LogP contribution in [0.3, 0.4) is 0 Å². The Morgan fingerprint density at radius 3 is 1.49 bits per heavy atom. The lowest BCUT2D eigenvalue weighted by Gasteiger charge is -2.47. The van der Waals surface area contributed by atoms with Gasteiger partial charge >= 0.3 is 0 Å². The van der Waals surface area contributed by atoms with E-state index in [1.807, 2.05) is 11.3 Å². The number of anilines is 6. The van der Waals surface area contributed by atoms with E-state index in [1.165, 1.54) is 158 Å². The summed E-state index contributed by atoms with van der Waals surface area (Å²) in [6.45, 7) is 41.7. The molecule has 0 amide bonds. The molecule has 1 aromatic heterocycles. The van der Waals surface area contributed by atoms with Crippen LogP contribution >= 0.6 is 11.3 Å². The fraction of sp³-hybridized carbons (Fsp3) is 0.408. The van der Waals surface area contributed by atoms with Crippen LogP contribution in [0, 0.1) is 13.8 Å². The van der Waals surface area contributed by atoms with Crippen LogP contribution in [0.1, 0.15) is 186 Å². The van der Waals surface area contributed by atoms with Gasteiger partial charge in [-0.2, -0.15) is 0 Å². The Labute approximate surface area is 454 Å². The van der Waals surface area contributed by atoms with Gasteiger partial charge in [0.25, 0.3) is 6.71 Å². The molecule has 13 rings (SSSR count). The van der Waals surface area contributed by atoms with Crippen molar-refractivity contribution in [2.45, 2.75) is 188 Å². The molecule has 4 heteroatoms. The van der Waals surface area contributed by atoms with E-state index < -0.39 is 0 Å². The molecule has 0 saturated heterocycles. The van der Waals surface area contributed by atoms with Gasteiger partial charge in [-0.25, -0.2) is 0 Å². The van der Waals surface area contributed by atoms with Crippen molar-refractivity contribution in [1.82, 2.24) is 0 Å². The van der Waals surface area contributed by atoms with Crippen molar-refractivity contribution >= 4 is 88.7 Å². The van der Waals surface area contributed by atoms with Gasteiger partial charge in [0.2, 0.25) is 0 Å². The van der Waals surface area contributed by atoms with Gasteiger partial charge in [-0.05, 0) is 204 Å². The van der Waals surface area contributed by atoms with Crippen molar-refractivity contribution in [2.75, 3.05) is 9.80 Å². The highest BCUT2D eigenvalue weighted by Gasteiger charge is 2.50. The van der Waals surface area contributed by atoms with Crippen molar-refractivity contribution in [3.8, 4) is 11.1 Å². The summed E-state index contributed by atoms with van der Waals surface area (Å²) in [5, 5.41) is 2.72. The zero-order valence-corrected chi connectivity index (χ0v) is 49.1. The lowest BCUT2D eigenvalue weighted by molar-refractivity contribution is 0.332. The minimum Gasteiger partial charge on any atom is -0.311 e. The predicted octanol–water partition coefficient (Wildman–Crippen LogP) is 18.4. The molecule has 0 N–H and O–H groups in total. The molecule has 2 aliphatic heterocycles. The number of rotatable bonds is 3. The van der Waals surface area contributed by atoms with E-state index in [0.717, 1.165) is 6.42 Å². The Kier molecular flexibility index (Phi) is 10.2. The second-order valence-corrected chi connectivity index (χ2v) is 30.2. The normalized spacial score (nSPS) is 19.8. The summed E-state index contributed by atoms with van der Waals surface area (Å²) in [5.41, 5.74) is 28.1. The summed E-state index contributed by atoms with van der Waals surface area (Å²) in [6.07, 6.45) is 5.85. The Balaban J connectivity index is 1.21. The van der Waals surface area contributed by atoms with Crippen LogP contribution in [-0.4, -0.2) is 6.71 Å². The summed E-state index contributed by atoms with van der Waals surface area (Å²) in [5.74, 6) is 0. The van der Waals surface area contributed by atoms with Gasteiger partial charge in [-0.1, -0.05) is 171 Å². The Bertz CT molecular complexity index is 3770. The molecule has 0 saturated carbocycles. The fourth-order valence-electron chi connectivity index (χ4n) is 15.4. The summed E-state index contributed by atoms with van der Waals surface area (Å²) in [4.78, 5) is 5.56. The molecule has 0 radical (unpaired) electrons. The summed E-state index contributed by atoms with van der Waals surface area (Å²) in [6, 6.07) is 44.7. The summed E-state index contributed by atoms with van der Waals surface area (Å²) in [7, 11) is 0. The highest BCUT2D eigenvalue weighted by Crippen LogP contribution is 2.57. The first-order chi connectivity index (χ1) is 35.1. The van der Waals surface area contributed by atoms with E-state index in [9.17, 15) is 0 Å². The van der Waals surface area contributed by atoms with Crippen molar-refractivity contribution in [3.63, 3.8) is 0 Å². The molecule has 0 fully saturated rings. The smallest absolute Gasteiger partial charge is 0.252 e. The second kappa shape index (κ2) is 15.6. The standard InChI is InChI=1S/C71H79BN2S/c1-41-31-48-51(68(10,11)29-27-66(48,6)7)37-56(41)73-58-39-53-50(70(14,15)40-71(53,16)17)36-55(58)72-54-25-24-46-47-35-45(65(3,4)5)23-26-61(47)75-64(46)63(54)74(60-34-44(33-59(73)62(60)72)43-21-19-18-20-22-43)57-38-52-49(32-42(57)2)67(8,9)28-30-69(52,12)13/h18-26,31-39H,27-30,40H2,1-17H3. The van der Waals surface area contributed by atoms with E-state index >= 15 is 0 Å². The molecular weight excluding hydrogens is 924 g/mol. The summed E-state index contributed by atoms with van der Waals surface area (Å²) >= 11 is 2.00. The number of aryl methyl sites for hydroxylation is 2. The monoisotopic (exact) mass is 1000 g/mol. The topological polar surface area (TPSA) is 6.48 Å². The van der Waals surface area contributed by atoms with E-state index in [0.29, 0.717) is 0 Å². The van der Waals surface area contributed by atoms with Gasteiger partial charge < -0.3 is 9.80 Å². The van der Waals surface area contributed by atoms with Gasteiger partial charge in [-0.15, -0.1) is 11.3 Å². The van der Waals surface area contributed by atoms with Crippen LogP contribution in [-0.2, 0) is 37.9 Å². The first-order valence-electron chi connectivity index (χ1n) is 28.4. The quantitative estimate of drug-likeness (QED) is 0.163. The molecule has 75 heavy (non-hydrogen) atoms. The fourth-order valence-corrected chi connectivity index (χ4v) is 16.7. The highest BCUT2D eigenvalue weighted by atomic mass is 32.1. The van der Waals surface area contributed by atoms with E-state index in [4.69, 9.17) is 0 Å². The molecule has 2 nitrogen and oxygen atoms in total. The first-order valence-corrected chi connectivity index (χ1v) is 29.2. The Morgan fingerprint density at radius 2 is 0.933 bits per heavy atom. The average Bonchev–Trinajstić information content (AvgIpc) is 3.81. The third-order valence-electron chi connectivity index (χ3n) is 19.9. The molecule has 0 unspecified atom stereocenters. The lowest BCUT2D eigenvalue weighted by Crippen LogP contribution is -2.61. The van der Waals surface area contributed by atoms with Gasteiger partial charge in [0.15, 0.2) is 0 Å². The van der Waals surface area contributed by atoms with Crippen LogP contribution in [0.25, 0.3) is 31.3 Å². The zero-order chi connectivity index (χ0) is 53.1. The van der Waals surface area contributed by atoms with Crippen molar-refractivity contribution < 1.29 is 0 Å². The molecule has 3 heterocycles. The number of hydrogen-bond donors (Lipinski definition) is 0. The van der Waals surface area contributed by atoms with Crippen molar-refractivity contribution in [3.05, 3.63) is 159 Å². The number of hydrogen-bond acceptors (Lipinski definition) is 3. The maximum absolute atomic E-state index is 2.79. The Morgan fingerprint density at radius 1 is 0.440 bits per heavy atom. The minimum atomic E-state index is 0.00324. The number of thiophene rings is 1. The van der Waals surface area contributed by atoms with Crippen LogP contribution in [0.5, 0.6) is 0 Å². The Hall–Kier alpha value is -5.58. The number of nitrogens with zero attached hydrogens (tertiary/aromatic N) is 2. The molecule has 7 aromatic carbocycles. The number of fused-ring (bicyclic) bond motifs is 11. The van der Waals surface area contributed by atoms with Gasteiger partial charge in [0.1, 0.15) is 0 Å². The number of benzene rings is 7. The van der Waals surface area contributed by atoms with E-state index in [-0.39, 0.29) is 44.6 Å². The average molecular weight is 1000 g/mol. The zero-order valence-electron chi connectivity index (χ0n) is 48.3. The van der Waals surface area contributed by atoms with Crippen LogP contribution in [0.4, 0.5) is 34.1 Å². The van der Waals surface area contributed by atoms with Gasteiger partial charge in [0, 0.05) is 43.9 Å². The molecule has 382 valence electrons. The van der Waals surface area contributed by atoms with Gasteiger partial charge in [0.05, 0.1) is 10.4 Å². The summed E-state index contributed by atoms with van der Waals surface area (Å²) < 4.78 is 2.73. The molecule has 8 aromatic rings. The molecule has 3 aliphatic carbocycles. The van der Waals surface area contributed by atoms with Crippen molar-refractivity contribution in [1.29, 1.82) is 0 Å². The third-order valence-corrected chi connectivity index (χ3v) is 21.1. The largest absolute Gasteiger partial charge is 0.311 e. The molecule has 0 atom stereocenters. The first kappa shape index (κ1) is 49.0. The van der Waals surface area contributed by atoms with E-state index in [1.54, 1.807) is 0 Å². The van der Waals surface area contributed by atoms with Crippen molar-refractivity contribution in [2.24, 2.45) is 0 Å².